The number of pyridine rings is 2. The molecule has 0 saturated carbocycles. The van der Waals surface area contributed by atoms with E-state index in [2.05, 4.69) is 21.4 Å². The molecule has 0 aliphatic carbocycles. The van der Waals surface area contributed by atoms with Crippen molar-refractivity contribution in [1.29, 1.82) is 0 Å². The predicted octanol–water partition coefficient (Wildman–Crippen LogP) is 4.20. The van der Waals surface area contributed by atoms with Gasteiger partial charge < -0.3 is 5.32 Å². The zero-order chi connectivity index (χ0) is 13.9. The van der Waals surface area contributed by atoms with Gasteiger partial charge in [-0.25, -0.2) is 0 Å². The van der Waals surface area contributed by atoms with Crippen LogP contribution in [-0.4, -0.2) is 9.97 Å². The molecule has 2 aromatic heterocycles. The molecule has 0 unspecified atom stereocenters. The Morgan fingerprint density at radius 3 is 2.95 bits per heavy atom. The molecule has 0 saturated heterocycles. The van der Waals surface area contributed by atoms with Crippen LogP contribution in [0.2, 0.25) is 5.02 Å². The predicted molar refractivity (Wildman–Crippen MR) is 83.1 cm³/mol. The van der Waals surface area contributed by atoms with Crippen molar-refractivity contribution in [2.45, 2.75) is 13.5 Å². The van der Waals surface area contributed by atoms with Crippen molar-refractivity contribution >= 4 is 28.2 Å². The van der Waals surface area contributed by atoms with E-state index in [1.165, 1.54) is 0 Å². The molecule has 0 aliphatic heterocycles. The molecule has 0 atom stereocenters. The van der Waals surface area contributed by atoms with E-state index in [-0.39, 0.29) is 0 Å². The molecule has 3 nitrogen and oxygen atoms in total. The Morgan fingerprint density at radius 1 is 1.20 bits per heavy atom. The second kappa shape index (κ2) is 5.47. The third kappa shape index (κ3) is 2.58. The fourth-order valence-electron chi connectivity index (χ4n) is 2.19. The topological polar surface area (TPSA) is 37.8 Å². The molecule has 2 heterocycles. The van der Waals surface area contributed by atoms with Crippen molar-refractivity contribution < 1.29 is 0 Å². The molecule has 1 aromatic carbocycles. The Hall–Kier alpha value is -2.13. The van der Waals surface area contributed by atoms with Crippen LogP contribution in [0.1, 0.15) is 11.1 Å². The van der Waals surface area contributed by atoms with Crippen molar-refractivity contribution in [3.05, 3.63) is 65.1 Å². The largest absolute Gasteiger partial charge is 0.379 e. The second-order valence-electron chi connectivity index (χ2n) is 4.72. The summed E-state index contributed by atoms with van der Waals surface area (Å²) < 4.78 is 0. The van der Waals surface area contributed by atoms with Crippen molar-refractivity contribution in [3.8, 4) is 0 Å². The van der Waals surface area contributed by atoms with Gasteiger partial charge in [-0.3, -0.25) is 9.97 Å². The Morgan fingerprint density at radius 2 is 2.10 bits per heavy atom. The zero-order valence-electron chi connectivity index (χ0n) is 11.1. The Kier molecular flexibility index (Phi) is 3.52. The van der Waals surface area contributed by atoms with Crippen molar-refractivity contribution in [3.63, 3.8) is 0 Å². The molecule has 4 heteroatoms. The monoisotopic (exact) mass is 283 g/mol. The van der Waals surface area contributed by atoms with Gasteiger partial charge in [0.2, 0.25) is 0 Å². The van der Waals surface area contributed by atoms with Gasteiger partial charge in [-0.1, -0.05) is 17.7 Å². The molecule has 0 bridgehead atoms. The highest BCUT2D eigenvalue weighted by atomic mass is 35.5. The number of rotatable bonds is 3. The molecule has 0 amide bonds. The lowest BCUT2D eigenvalue weighted by molar-refractivity contribution is 1.10. The molecule has 3 rings (SSSR count). The van der Waals surface area contributed by atoms with E-state index in [0.29, 0.717) is 6.54 Å². The highest BCUT2D eigenvalue weighted by molar-refractivity contribution is 6.35. The van der Waals surface area contributed by atoms with E-state index in [1.54, 1.807) is 6.20 Å². The summed E-state index contributed by atoms with van der Waals surface area (Å²) in [5.74, 6) is 0. The molecule has 100 valence electrons. The van der Waals surface area contributed by atoms with Gasteiger partial charge in [0.1, 0.15) is 0 Å². The van der Waals surface area contributed by atoms with Crippen LogP contribution in [0.4, 0.5) is 5.69 Å². The van der Waals surface area contributed by atoms with Gasteiger partial charge in [0.25, 0.3) is 0 Å². The highest BCUT2D eigenvalue weighted by Crippen LogP contribution is 2.28. The number of halogens is 1. The van der Waals surface area contributed by atoms with E-state index >= 15 is 0 Å². The van der Waals surface area contributed by atoms with Crippen molar-refractivity contribution in [2.75, 3.05) is 5.32 Å². The third-order valence-corrected chi connectivity index (χ3v) is 3.46. The maximum Gasteiger partial charge on any atom is 0.0948 e. The fraction of sp³-hybridized carbons (Fsp3) is 0.125. The lowest BCUT2D eigenvalue weighted by atomic mass is 10.1. The van der Waals surface area contributed by atoms with Crippen LogP contribution in [0.5, 0.6) is 0 Å². The summed E-state index contributed by atoms with van der Waals surface area (Å²) in [6.07, 6.45) is 5.49. The Balaban J connectivity index is 1.90. The lowest BCUT2D eigenvalue weighted by Gasteiger charge is -2.10. The van der Waals surface area contributed by atoms with Gasteiger partial charge in [0, 0.05) is 30.5 Å². The average Bonchev–Trinajstić information content (AvgIpc) is 2.47. The summed E-state index contributed by atoms with van der Waals surface area (Å²) in [6, 6.07) is 9.83. The van der Waals surface area contributed by atoms with Gasteiger partial charge in [-0.2, -0.15) is 0 Å². The quantitative estimate of drug-likeness (QED) is 0.783. The molecule has 0 spiro atoms. The van der Waals surface area contributed by atoms with Gasteiger partial charge in [0.15, 0.2) is 0 Å². The van der Waals surface area contributed by atoms with Crippen LogP contribution in [0, 0.1) is 6.92 Å². The normalized spacial score (nSPS) is 10.7. The average molecular weight is 284 g/mol. The third-order valence-electron chi connectivity index (χ3n) is 3.13. The minimum atomic E-state index is 0.710. The second-order valence-corrected chi connectivity index (χ2v) is 5.13. The van der Waals surface area contributed by atoms with E-state index in [1.807, 2.05) is 43.6 Å². The summed E-state index contributed by atoms with van der Waals surface area (Å²) in [6.45, 7) is 2.75. The number of hydrogen-bond acceptors (Lipinski definition) is 3. The van der Waals surface area contributed by atoms with Crippen molar-refractivity contribution in [1.82, 2.24) is 9.97 Å². The van der Waals surface area contributed by atoms with Crippen LogP contribution < -0.4 is 5.32 Å². The number of benzene rings is 1. The lowest BCUT2D eigenvalue weighted by Crippen LogP contribution is -2.01. The number of aromatic nitrogens is 2. The summed E-state index contributed by atoms with van der Waals surface area (Å²) >= 11 is 6.19. The van der Waals surface area contributed by atoms with Crippen LogP contribution in [0.3, 0.4) is 0 Å². The molecule has 1 N–H and O–H groups in total. The zero-order valence-corrected chi connectivity index (χ0v) is 11.9. The van der Waals surface area contributed by atoms with E-state index in [4.69, 9.17) is 11.6 Å². The number of nitrogens with zero attached hydrogens (tertiary/aromatic N) is 2. The van der Waals surface area contributed by atoms with Gasteiger partial charge in [-0.15, -0.1) is 0 Å². The molecular formula is C16H14ClN3. The molecule has 0 fully saturated rings. The SMILES string of the molecule is Cc1cncc(CNc2ccc(Cl)c3cccnc23)c1. The molecule has 3 aromatic rings. The molecular weight excluding hydrogens is 270 g/mol. The van der Waals surface area contributed by atoms with Crippen LogP contribution in [0.25, 0.3) is 10.9 Å². The number of fused-ring (bicyclic) bond motifs is 1. The first-order valence-electron chi connectivity index (χ1n) is 6.42. The van der Waals surface area contributed by atoms with E-state index in [0.717, 1.165) is 32.7 Å². The minimum absolute atomic E-state index is 0.710. The van der Waals surface area contributed by atoms with Crippen LogP contribution in [-0.2, 0) is 6.54 Å². The van der Waals surface area contributed by atoms with E-state index in [9.17, 15) is 0 Å². The number of nitrogens with one attached hydrogen (secondary N) is 1. The van der Waals surface area contributed by atoms with Gasteiger partial charge >= 0.3 is 0 Å². The summed E-state index contributed by atoms with van der Waals surface area (Å²) in [7, 11) is 0. The van der Waals surface area contributed by atoms with E-state index < -0.39 is 0 Å². The summed E-state index contributed by atoms with van der Waals surface area (Å²) in [5, 5.41) is 5.08. The van der Waals surface area contributed by atoms with Crippen LogP contribution >= 0.6 is 11.6 Å². The van der Waals surface area contributed by atoms with Crippen molar-refractivity contribution in [2.24, 2.45) is 0 Å². The first kappa shape index (κ1) is 12.9. The molecule has 0 aliphatic rings. The maximum absolute atomic E-state index is 6.19. The van der Waals surface area contributed by atoms with Crippen LogP contribution in [0.15, 0.2) is 48.9 Å². The molecule has 0 radical (unpaired) electrons. The number of hydrogen-bond donors (Lipinski definition) is 1. The van der Waals surface area contributed by atoms with Gasteiger partial charge in [0.05, 0.1) is 16.2 Å². The minimum Gasteiger partial charge on any atom is -0.379 e. The molecule has 20 heavy (non-hydrogen) atoms. The first-order chi connectivity index (χ1) is 9.74. The summed E-state index contributed by atoms with van der Waals surface area (Å²) in [4.78, 5) is 8.61. The van der Waals surface area contributed by atoms with Gasteiger partial charge in [-0.05, 0) is 42.3 Å². The highest BCUT2D eigenvalue weighted by Gasteiger charge is 2.05. The Bertz CT molecular complexity index is 756. The fourth-order valence-corrected chi connectivity index (χ4v) is 2.41. The number of anilines is 1. The maximum atomic E-state index is 6.19. The standard InChI is InChI=1S/C16H14ClN3/c1-11-7-12(9-18-8-11)10-20-15-5-4-14(17)13-3-2-6-19-16(13)15/h2-9,20H,10H2,1H3. The Labute approximate surface area is 122 Å². The number of aryl methyl sites for hydroxylation is 1. The first-order valence-corrected chi connectivity index (χ1v) is 6.79. The summed E-state index contributed by atoms with van der Waals surface area (Å²) in [5.41, 5.74) is 4.17. The smallest absolute Gasteiger partial charge is 0.0948 e.